The number of carbonyl (C=O) groups excluding carboxylic acids is 1. The Labute approximate surface area is 148 Å². The maximum Gasteiger partial charge on any atom is 0.254 e. The van der Waals surface area contributed by atoms with Crippen LogP contribution in [0.2, 0.25) is 0 Å². The van der Waals surface area contributed by atoms with Crippen molar-refractivity contribution in [2.24, 2.45) is 0 Å². The van der Waals surface area contributed by atoms with Gasteiger partial charge in [0.25, 0.3) is 5.91 Å². The van der Waals surface area contributed by atoms with Crippen molar-refractivity contribution >= 4 is 21.6 Å². The van der Waals surface area contributed by atoms with Crippen molar-refractivity contribution in [3.05, 3.63) is 65.2 Å². The molecule has 132 valence electrons. The second kappa shape index (κ2) is 6.52. The largest absolute Gasteiger partial charge is 0.335 e. The minimum Gasteiger partial charge on any atom is -0.335 e. The zero-order valence-electron chi connectivity index (χ0n) is 14.6. The third-order valence-corrected chi connectivity index (χ3v) is 5.94. The highest BCUT2D eigenvalue weighted by Crippen LogP contribution is 2.31. The number of hydrogen-bond donors (Lipinski definition) is 0. The quantitative estimate of drug-likeness (QED) is 0.844. The summed E-state index contributed by atoms with van der Waals surface area (Å²) in [4.78, 5) is 14.5. The van der Waals surface area contributed by atoms with Crippen LogP contribution in [0.5, 0.6) is 0 Å². The number of benzene rings is 2. The van der Waals surface area contributed by atoms with Crippen LogP contribution in [-0.4, -0.2) is 39.1 Å². The van der Waals surface area contributed by atoms with Gasteiger partial charge in [-0.3, -0.25) is 9.10 Å². The van der Waals surface area contributed by atoms with Crippen LogP contribution in [-0.2, 0) is 16.4 Å². The van der Waals surface area contributed by atoms with E-state index < -0.39 is 10.0 Å². The molecule has 5 nitrogen and oxygen atoms in total. The van der Waals surface area contributed by atoms with Crippen molar-refractivity contribution in [1.29, 1.82) is 0 Å². The molecule has 25 heavy (non-hydrogen) atoms. The normalized spacial score (nSPS) is 14.9. The van der Waals surface area contributed by atoms with Crippen LogP contribution < -0.4 is 4.31 Å². The molecule has 0 bridgehead atoms. The Morgan fingerprint density at radius 2 is 1.84 bits per heavy atom. The summed E-state index contributed by atoms with van der Waals surface area (Å²) in [5, 5.41) is 0. The second-order valence-corrected chi connectivity index (χ2v) is 8.34. The number of nitrogens with zero attached hydrogens (tertiary/aromatic N) is 2. The van der Waals surface area contributed by atoms with E-state index in [9.17, 15) is 13.2 Å². The minimum atomic E-state index is -3.28. The van der Waals surface area contributed by atoms with Gasteiger partial charge >= 0.3 is 0 Å². The Bertz CT molecular complexity index is 894. The first kappa shape index (κ1) is 17.5. The Hall–Kier alpha value is -2.34. The molecule has 0 saturated carbocycles. The summed E-state index contributed by atoms with van der Waals surface area (Å²) in [6, 6.07) is 15.1. The third-order valence-electron chi connectivity index (χ3n) is 4.76. The molecule has 0 N–H and O–H groups in total. The van der Waals surface area contributed by atoms with Crippen LogP contribution in [0.25, 0.3) is 0 Å². The van der Waals surface area contributed by atoms with Gasteiger partial charge in [0.2, 0.25) is 10.0 Å². The molecule has 1 heterocycles. The summed E-state index contributed by atoms with van der Waals surface area (Å²) in [6.07, 6.45) is 1.83. The lowest BCUT2D eigenvalue weighted by molar-refractivity contribution is 0.0742. The lowest BCUT2D eigenvalue weighted by atomic mass is 10.0. The van der Waals surface area contributed by atoms with Crippen molar-refractivity contribution in [1.82, 2.24) is 4.90 Å². The van der Waals surface area contributed by atoms with E-state index in [0.29, 0.717) is 24.2 Å². The number of anilines is 1. The van der Waals surface area contributed by atoms with E-state index in [0.717, 1.165) is 11.1 Å². The van der Waals surface area contributed by atoms with Crippen LogP contribution in [0.4, 0.5) is 5.69 Å². The van der Waals surface area contributed by atoms with Crippen molar-refractivity contribution < 1.29 is 13.2 Å². The monoisotopic (exact) mass is 358 g/mol. The Morgan fingerprint density at radius 1 is 1.16 bits per heavy atom. The number of carbonyl (C=O) groups is 1. The van der Waals surface area contributed by atoms with E-state index in [1.807, 2.05) is 43.3 Å². The van der Waals surface area contributed by atoms with E-state index in [4.69, 9.17) is 0 Å². The predicted molar refractivity (Wildman–Crippen MR) is 99.3 cm³/mol. The van der Waals surface area contributed by atoms with Crippen molar-refractivity contribution in [2.45, 2.75) is 19.4 Å². The molecule has 0 fully saturated rings. The number of amides is 1. The van der Waals surface area contributed by atoms with Crippen molar-refractivity contribution in [2.75, 3.05) is 24.2 Å². The molecule has 0 saturated heterocycles. The van der Waals surface area contributed by atoms with E-state index >= 15 is 0 Å². The molecule has 1 amide bonds. The van der Waals surface area contributed by atoms with Gasteiger partial charge in [0.05, 0.1) is 18.0 Å². The van der Waals surface area contributed by atoms with E-state index in [1.165, 1.54) is 10.6 Å². The molecule has 1 aliphatic heterocycles. The first-order valence-electron chi connectivity index (χ1n) is 8.22. The standard InChI is InChI=1S/C19H22N2O3S/c1-14(15-7-5-4-6-8-15)20(2)19(22)17-9-10-18-16(13-17)11-12-21(18)25(3,23)24/h4-10,13-14H,11-12H2,1-3H3/t14-/m1/s1. The number of rotatable bonds is 4. The number of hydrogen-bond acceptors (Lipinski definition) is 3. The molecular formula is C19H22N2O3S. The topological polar surface area (TPSA) is 57.7 Å². The maximum atomic E-state index is 12.8. The van der Waals surface area contributed by atoms with E-state index in [2.05, 4.69) is 0 Å². The SMILES string of the molecule is C[C@H](c1ccccc1)N(C)C(=O)c1ccc2c(c1)CCN2S(C)(=O)=O. The summed E-state index contributed by atoms with van der Waals surface area (Å²) in [5.74, 6) is -0.0723. The molecule has 6 heteroatoms. The summed E-state index contributed by atoms with van der Waals surface area (Å²) in [7, 11) is -1.49. The average molecular weight is 358 g/mol. The van der Waals surface area contributed by atoms with Crippen LogP contribution in [0.1, 0.15) is 34.5 Å². The lowest BCUT2D eigenvalue weighted by Crippen LogP contribution is -2.30. The molecule has 1 atom stereocenters. The smallest absolute Gasteiger partial charge is 0.254 e. The molecule has 0 radical (unpaired) electrons. The van der Waals surface area contributed by atoms with Gasteiger partial charge in [0.1, 0.15) is 0 Å². The highest BCUT2D eigenvalue weighted by Gasteiger charge is 2.27. The molecule has 0 aromatic heterocycles. The predicted octanol–water partition coefficient (Wildman–Crippen LogP) is 2.84. The first-order valence-corrected chi connectivity index (χ1v) is 10.1. The van der Waals surface area contributed by atoms with Crippen LogP contribution in [0.3, 0.4) is 0 Å². The van der Waals surface area contributed by atoms with Gasteiger partial charge < -0.3 is 4.90 Å². The van der Waals surface area contributed by atoms with Gasteiger partial charge in [-0.05, 0) is 42.7 Å². The second-order valence-electron chi connectivity index (χ2n) is 6.43. The number of fused-ring (bicyclic) bond motifs is 1. The maximum absolute atomic E-state index is 12.8. The summed E-state index contributed by atoms with van der Waals surface area (Å²) >= 11 is 0. The Morgan fingerprint density at radius 3 is 2.48 bits per heavy atom. The Kier molecular flexibility index (Phi) is 4.56. The van der Waals surface area contributed by atoms with Crippen molar-refractivity contribution in [3.8, 4) is 0 Å². The van der Waals surface area contributed by atoms with Gasteiger partial charge in [-0.1, -0.05) is 30.3 Å². The molecule has 0 spiro atoms. The average Bonchev–Trinajstić information content (AvgIpc) is 3.04. The van der Waals surface area contributed by atoms with Gasteiger partial charge in [-0.2, -0.15) is 0 Å². The molecular weight excluding hydrogens is 336 g/mol. The first-order chi connectivity index (χ1) is 11.8. The molecule has 2 aromatic rings. The van der Waals surface area contributed by atoms with E-state index in [-0.39, 0.29) is 11.9 Å². The van der Waals surface area contributed by atoms with Crippen LogP contribution in [0, 0.1) is 0 Å². The highest BCUT2D eigenvalue weighted by atomic mass is 32.2. The fraction of sp³-hybridized carbons (Fsp3) is 0.316. The van der Waals surface area contributed by atoms with Gasteiger partial charge in [-0.15, -0.1) is 0 Å². The van der Waals surface area contributed by atoms with Gasteiger partial charge in [0, 0.05) is 19.2 Å². The third kappa shape index (κ3) is 3.39. The molecule has 3 rings (SSSR count). The lowest BCUT2D eigenvalue weighted by Gasteiger charge is -2.26. The van der Waals surface area contributed by atoms with Crippen LogP contribution in [0.15, 0.2) is 48.5 Å². The molecule has 0 aliphatic carbocycles. The van der Waals surface area contributed by atoms with Gasteiger partial charge in [0.15, 0.2) is 0 Å². The molecule has 2 aromatic carbocycles. The zero-order valence-corrected chi connectivity index (χ0v) is 15.5. The zero-order chi connectivity index (χ0) is 18.2. The van der Waals surface area contributed by atoms with E-state index in [1.54, 1.807) is 24.1 Å². The number of sulfonamides is 1. The van der Waals surface area contributed by atoms with Crippen molar-refractivity contribution in [3.63, 3.8) is 0 Å². The summed E-state index contributed by atoms with van der Waals surface area (Å²) in [5.41, 5.74) is 3.23. The Balaban J connectivity index is 1.84. The fourth-order valence-corrected chi connectivity index (χ4v) is 4.14. The summed E-state index contributed by atoms with van der Waals surface area (Å²) < 4.78 is 25.0. The minimum absolute atomic E-state index is 0.0468. The highest BCUT2D eigenvalue weighted by molar-refractivity contribution is 7.92. The van der Waals surface area contributed by atoms with Crippen LogP contribution >= 0.6 is 0 Å². The molecule has 0 unspecified atom stereocenters. The van der Waals surface area contributed by atoms with Gasteiger partial charge in [-0.25, -0.2) is 8.42 Å². The summed E-state index contributed by atoms with van der Waals surface area (Å²) in [6.45, 7) is 2.42. The fourth-order valence-electron chi connectivity index (χ4n) is 3.18. The molecule has 1 aliphatic rings.